The van der Waals surface area contributed by atoms with Crippen LogP contribution in [0.25, 0.3) is 0 Å². The molecule has 2 aromatic carbocycles. The first-order valence-corrected chi connectivity index (χ1v) is 8.75. The van der Waals surface area contributed by atoms with Gasteiger partial charge in [-0.2, -0.15) is 0 Å². The second kappa shape index (κ2) is 7.51. The number of benzene rings is 2. The number of rotatable bonds is 5. The van der Waals surface area contributed by atoms with E-state index in [1.165, 1.54) is 0 Å². The summed E-state index contributed by atoms with van der Waals surface area (Å²) in [4.78, 5) is 27.4. The molecule has 1 heterocycles. The van der Waals surface area contributed by atoms with Crippen molar-refractivity contribution in [2.45, 2.75) is 32.9 Å². The third kappa shape index (κ3) is 3.90. The topological polar surface area (TPSA) is 49.4 Å². The molecule has 0 aliphatic carbocycles. The van der Waals surface area contributed by atoms with Crippen molar-refractivity contribution in [1.29, 1.82) is 0 Å². The summed E-state index contributed by atoms with van der Waals surface area (Å²) in [5.41, 5.74) is 2.90. The van der Waals surface area contributed by atoms with Gasteiger partial charge < -0.3 is 10.2 Å². The maximum Gasteiger partial charge on any atom is 0.247 e. The summed E-state index contributed by atoms with van der Waals surface area (Å²) in [7, 11) is 0. The molecule has 4 heteroatoms. The molecule has 0 radical (unpaired) electrons. The molecule has 130 valence electrons. The zero-order valence-corrected chi connectivity index (χ0v) is 14.7. The standard InChI is InChI=1S/C21H24N2O2/c1-15(2)13-22-21(25)20-18-11-7-6-10-17(18)12-19(24)23(20)14-16-8-4-3-5-9-16/h3-11,15,20H,12-14H2,1-2H3,(H,22,25)/t20-/m1/s1. The molecule has 0 spiro atoms. The van der Waals surface area contributed by atoms with Crippen molar-refractivity contribution >= 4 is 11.8 Å². The molecule has 0 unspecified atom stereocenters. The van der Waals surface area contributed by atoms with Gasteiger partial charge in [-0.3, -0.25) is 9.59 Å². The van der Waals surface area contributed by atoms with Crippen LogP contribution < -0.4 is 5.32 Å². The van der Waals surface area contributed by atoms with Crippen LogP contribution in [0.2, 0.25) is 0 Å². The molecule has 1 aliphatic heterocycles. The van der Waals surface area contributed by atoms with Crippen LogP contribution in [-0.4, -0.2) is 23.3 Å². The SMILES string of the molecule is CC(C)CNC(=O)[C@H]1c2ccccc2CC(=O)N1Cc1ccccc1. The number of nitrogens with zero attached hydrogens (tertiary/aromatic N) is 1. The van der Waals surface area contributed by atoms with Gasteiger partial charge in [0.15, 0.2) is 0 Å². The summed E-state index contributed by atoms with van der Waals surface area (Å²) in [6.07, 6.45) is 0.344. The van der Waals surface area contributed by atoms with E-state index < -0.39 is 6.04 Å². The highest BCUT2D eigenvalue weighted by Gasteiger charge is 2.36. The lowest BCUT2D eigenvalue weighted by molar-refractivity contribution is -0.142. The predicted molar refractivity (Wildman–Crippen MR) is 97.7 cm³/mol. The van der Waals surface area contributed by atoms with Crippen molar-refractivity contribution in [1.82, 2.24) is 10.2 Å². The van der Waals surface area contributed by atoms with Gasteiger partial charge >= 0.3 is 0 Å². The van der Waals surface area contributed by atoms with Crippen LogP contribution in [-0.2, 0) is 22.6 Å². The Hall–Kier alpha value is -2.62. The van der Waals surface area contributed by atoms with Crippen LogP contribution >= 0.6 is 0 Å². The quantitative estimate of drug-likeness (QED) is 0.912. The Labute approximate surface area is 148 Å². The second-order valence-electron chi connectivity index (χ2n) is 6.92. The predicted octanol–water partition coefficient (Wildman–Crippen LogP) is 3.08. The Morgan fingerprint density at radius 3 is 2.52 bits per heavy atom. The first kappa shape index (κ1) is 17.2. The van der Waals surface area contributed by atoms with E-state index in [0.717, 1.165) is 16.7 Å². The first-order valence-electron chi connectivity index (χ1n) is 8.75. The van der Waals surface area contributed by atoms with E-state index in [1.54, 1.807) is 4.90 Å². The van der Waals surface area contributed by atoms with Gasteiger partial charge in [-0.05, 0) is 22.6 Å². The molecule has 1 aliphatic rings. The van der Waals surface area contributed by atoms with E-state index in [4.69, 9.17) is 0 Å². The fraction of sp³-hybridized carbons (Fsp3) is 0.333. The molecule has 1 atom stereocenters. The maximum absolute atomic E-state index is 12.9. The number of amides is 2. The lowest BCUT2D eigenvalue weighted by Crippen LogP contribution is -2.47. The molecular formula is C21H24N2O2. The zero-order chi connectivity index (χ0) is 17.8. The highest BCUT2D eigenvalue weighted by Crippen LogP contribution is 2.32. The lowest BCUT2D eigenvalue weighted by Gasteiger charge is -2.36. The first-order chi connectivity index (χ1) is 12.1. The number of hydrogen-bond donors (Lipinski definition) is 1. The van der Waals surface area contributed by atoms with Gasteiger partial charge in [-0.15, -0.1) is 0 Å². The Kier molecular flexibility index (Phi) is 5.17. The number of fused-ring (bicyclic) bond motifs is 1. The van der Waals surface area contributed by atoms with E-state index in [2.05, 4.69) is 19.2 Å². The average molecular weight is 336 g/mol. The van der Waals surface area contributed by atoms with Gasteiger partial charge in [0, 0.05) is 13.1 Å². The number of hydrogen-bond acceptors (Lipinski definition) is 2. The summed E-state index contributed by atoms with van der Waals surface area (Å²) >= 11 is 0. The van der Waals surface area contributed by atoms with Gasteiger partial charge in [-0.1, -0.05) is 68.4 Å². The molecule has 4 nitrogen and oxygen atoms in total. The molecular weight excluding hydrogens is 312 g/mol. The number of carbonyl (C=O) groups excluding carboxylic acids is 2. The zero-order valence-electron chi connectivity index (χ0n) is 14.7. The minimum absolute atomic E-state index is 0.00718. The molecule has 0 saturated carbocycles. The third-order valence-corrected chi connectivity index (χ3v) is 4.45. The van der Waals surface area contributed by atoms with Crippen LogP contribution in [0.3, 0.4) is 0 Å². The second-order valence-corrected chi connectivity index (χ2v) is 6.92. The highest BCUT2D eigenvalue weighted by molar-refractivity contribution is 5.92. The van der Waals surface area contributed by atoms with Gasteiger partial charge in [0.1, 0.15) is 6.04 Å². The number of nitrogens with one attached hydrogen (secondary N) is 1. The van der Waals surface area contributed by atoms with Crippen molar-refractivity contribution in [3.05, 3.63) is 71.3 Å². The molecule has 0 bridgehead atoms. The van der Waals surface area contributed by atoms with E-state index in [-0.39, 0.29) is 11.8 Å². The Morgan fingerprint density at radius 2 is 1.80 bits per heavy atom. The van der Waals surface area contributed by atoms with E-state index in [0.29, 0.717) is 25.4 Å². The summed E-state index contributed by atoms with van der Waals surface area (Å²) < 4.78 is 0. The van der Waals surface area contributed by atoms with Crippen molar-refractivity contribution in [2.24, 2.45) is 5.92 Å². The average Bonchev–Trinajstić information content (AvgIpc) is 2.61. The Balaban J connectivity index is 1.93. The van der Waals surface area contributed by atoms with E-state index >= 15 is 0 Å². The van der Waals surface area contributed by atoms with Crippen molar-refractivity contribution in [2.75, 3.05) is 6.54 Å². The monoisotopic (exact) mass is 336 g/mol. The van der Waals surface area contributed by atoms with Crippen LogP contribution in [0, 0.1) is 5.92 Å². The van der Waals surface area contributed by atoms with Crippen LogP contribution in [0.15, 0.2) is 54.6 Å². The van der Waals surface area contributed by atoms with Crippen LogP contribution in [0.1, 0.15) is 36.6 Å². The van der Waals surface area contributed by atoms with Gasteiger partial charge in [0.25, 0.3) is 0 Å². The maximum atomic E-state index is 12.9. The minimum atomic E-state index is -0.573. The van der Waals surface area contributed by atoms with Gasteiger partial charge in [0.2, 0.25) is 11.8 Å². The molecule has 2 amide bonds. The van der Waals surface area contributed by atoms with Gasteiger partial charge in [0.05, 0.1) is 6.42 Å². The van der Waals surface area contributed by atoms with Crippen molar-refractivity contribution < 1.29 is 9.59 Å². The highest BCUT2D eigenvalue weighted by atomic mass is 16.2. The fourth-order valence-corrected chi connectivity index (χ4v) is 3.18. The molecule has 0 aromatic heterocycles. The molecule has 0 fully saturated rings. The largest absolute Gasteiger partial charge is 0.354 e. The molecule has 1 N–H and O–H groups in total. The summed E-state index contributed by atoms with van der Waals surface area (Å²) in [6, 6.07) is 17.0. The summed E-state index contributed by atoms with van der Waals surface area (Å²) in [5, 5.41) is 3.00. The normalized spacial score (nSPS) is 16.7. The van der Waals surface area contributed by atoms with E-state index in [1.807, 2.05) is 54.6 Å². The fourth-order valence-electron chi connectivity index (χ4n) is 3.18. The Bertz CT molecular complexity index is 756. The van der Waals surface area contributed by atoms with Crippen LogP contribution in [0.4, 0.5) is 0 Å². The molecule has 3 rings (SSSR count). The number of carbonyl (C=O) groups is 2. The smallest absolute Gasteiger partial charge is 0.247 e. The van der Waals surface area contributed by atoms with Crippen molar-refractivity contribution in [3.63, 3.8) is 0 Å². The van der Waals surface area contributed by atoms with Gasteiger partial charge in [-0.25, -0.2) is 0 Å². The molecule has 25 heavy (non-hydrogen) atoms. The third-order valence-electron chi connectivity index (χ3n) is 4.45. The van der Waals surface area contributed by atoms with Crippen LogP contribution in [0.5, 0.6) is 0 Å². The Morgan fingerprint density at radius 1 is 1.12 bits per heavy atom. The van der Waals surface area contributed by atoms with E-state index in [9.17, 15) is 9.59 Å². The van der Waals surface area contributed by atoms with Crippen molar-refractivity contribution in [3.8, 4) is 0 Å². The minimum Gasteiger partial charge on any atom is -0.354 e. The molecule has 0 saturated heterocycles. The summed E-state index contributed by atoms with van der Waals surface area (Å²) in [5.74, 6) is 0.249. The molecule has 2 aromatic rings. The lowest BCUT2D eigenvalue weighted by atomic mass is 9.91. The summed E-state index contributed by atoms with van der Waals surface area (Å²) in [6.45, 7) is 5.16.